The van der Waals surface area contributed by atoms with Crippen molar-refractivity contribution in [2.24, 2.45) is 17.6 Å². The van der Waals surface area contributed by atoms with Crippen molar-refractivity contribution in [2.45, 2.75) is 104 Å². The van der Waals surface area contributed by atoms with E-state index in [1.54, 1.807) is 13.8 Å². The average Bonchev–Trinajstić information content (AvgIpc) is 2.79. The molecule has 4 amide bonds. The molecule has 0 radical (unpaired) electrons. The number of rotatable bonds is 17. The van der Waals surface area contributed by atoms with Gasteiger partial charge in [0, 0.05) is 6.92 Å². The van der Waals surface area contributed by atoms with Crippen molar-refractivity contribution >= 4 is 29.6 Å². The Kier molecular flexibility index (Phi) is 16.4. The number of hydrogen-bond acceptors (Lipinski definition) is 8. The molecule has 12 heteroatoms. The molecule has 0 aliphatic carbocycles. The lowest BCUT2D eigenvalue weighted by Gasteiger charge is -2.29. The van der Waals surface area contributed by atoms with Gasteiger partial charge in [-0.2, -0.15) is 0 Å². The first kappa shape index (κ1) is 34.3. The SMILES string of the molecule is COC(=O)[C@H](C)NC(=O)C[C@H](O)[C@H](CC(C)C)NC(=O)[C@H](CCCCN)NC(=O)[C@@H](NC(C)=O)C(C)C. The molecule has 214 valence electrons. The van der Waals surface area contributed by atoms with Crippen LogP contribution < -0.4 is 27.0 Å². The van der Waals surface area contributed by atoms with E-state index < -0.39 is 54.0 Å². The number of nitrogens with two attached hydrogens (primary N) is 1. The maximum Gasteiger partial charge on any atom is 0.328 e. The number of unbranched alkanes of at least 4 members (excludes halogenated alkanes) is 1. The normalized spacial score (nSPS) is 15.2. The lowest BCUT2D eigenvalue weighted by molar-refractivity contribution is -0.144. The van der Waals surface area contributed by atoms with Crippen molar-refractivity contribution in [3.05, 3.63) is 0 Å². The van der Waals surface area contributed by atoms with Crippen LogP contribution in [0, 0.1) is 11.8 Å². The molecule has 0 aromatic rings. The van der Waals surface area contributed by atoms with Gasteiger partial charge in [0.25, 0.3) is 0 Å². The van der Waals surface area contributed by atoms with E-state index in [1.807, 2.05) is 13.8 Å². The molecule has 0 unspecified atom stereocenters. The van der Waals surface area contributed by atoms with Crippen molar-refractivity contribution < 1.29 is 33.8 Å². The van der Waals surface area contributed by atoms with Crippen molar-refractivity contribution in [3.63, 3.8) is 0 Å². The first-order chi connectivity index (χ1) is 17.2. The largest absolute Gasteiger partial charge is 0.467 e. The second-order valence-electron chi connectivity index (χ2n) is 10.1. The van der Waals surface area contributed by atoms with Gasteiger partial charge in [-0.05, 0) is 51.0 Å². The monoisotopic (exact) mass is 529 g/mol. The number of aliphatic hydroxyl groups excluding tert-OH is 1. The molecule has 0 saturated carbocycles. The summed E-state index contributed by atoms with van der Waals surface area (Å²) >= 11 is 0. The molecule has 0 aromatic heterocycles. The van der Waals surface area contributed by atoms with Gasteiger partial charge < -0.3 is 36.8 Å². The Bertz CT molecular complexity index is 760. The highest BCUT2D eigenvalue weighted by Gasteiger charge is 2.31. The average molecular weight is 530 g/mol. The first-order valence-corrected chi connectivity index (χ1v) is 12.9. The lowest BCUT2D eigenvalue weighted by Crippen LogP contribution is -2.57. The maximum absolute atomic E-state index is 13.3. The van der Waals surface area contributed by atoms with Gasteiger partial charge in [0.2, 0.25) is 23.6 Å². The summed E-state index contributed by atoms with van der Waals surface area (Å²) in [5.41, 5.74) is 5.58. The van der Waals surface area contributed by atoms with Gasteiger partial charge >= 0.3 is 5.97 Å². The van der Waals surface area contributed by atoms with Crippen LogP contribution in [-0.4, -0.2) is 78.6 Å². The fourth-order valence-corrected chi connectivity index (χ4v) is 3.75. The predicted octanol–water partition coefficient (Wildman–Crippen LogP) is -0.279. The number of nitrogens with one attached hydrogen (secondary N) is 4. The molecule has 0 saturated heterocycles. The Morgan fingerprint density at radius 3 is 2.00 bits per heavy atom. The molecule has 37 heavy (non-hydrogen) atoms. The zero-order valence-corrected chi connectivity index (χ0v) is 23.3. The summed E-state index contributed by atoms with van der Waals surface area (Å²) in [5.74, 6) is -2.69. The van der Waals surface area contributed by atoms with Gasteiger partial charge in [0.15, 0.2) is 0 Å². The van der Waals surface area contributed by atoms with E-state index in [0.29, 0.717) is 32.2 Å². The smallest absolute Gasteiger partial charge is 0.328 e. The van der Waals surface area contributed by atoms with E-state index in [1.165, 1.54) is 21.0 Å². The minimum Gasteiger partial charge on any atom is -0.467 e. The zero-order valence-electron chi connectivity index (χ0n) is 23.3. The molecule has 7 N–H and O–H groups in total. The number of methoxy groups -OCH3 is 1. The van der Waals surface area contributed by atoms with Crippen LogP contribution in [0.4, 0.5) is 0 Å². The highest BCUT2D eigenvalue weighted by Crippen LogP contribution is 2.13. The minimum atomic E-state index is -1.24. The summed E-state index contributed by atoms with van der Waals surface area (Å²) in [4.78, 5) is 61.6. The standard InChI is InChI=1S/C25H47N5O7/c1-14(2)12-19(20(32)13-21(33)27-16(5)25(36)37-7)30-23(34)18(10-8-9-11-26)29-24(35)22(15(3)4)28-17(6)31/h14-16,18-20,22,32H,8-13,26H2,1-7H3,(H,27,33)(H,28,31)(H,29,35)(H,30,34)/t16-,18-,19-,20-,22-/m0/s1. The highest BCUT2D eigenvalue weighted by atomic mass is 16.5. The van der Waals surface area contributed by atoms with Crippen LogP contribution in [-0.2, 0) is 28.7 Å². The van der Waals surface area contributed by atoms with E-state index in [9.17, 15) is 29.1 Å². The third-order valence-corrected chi connectivity index (χ3v) is 5.73. The van der Waals surface area contributed by atoms with E-state index in [4.69, 9.17) is 5.73 Å². The van der Waals surface area contributed by atoms with Crippen molar-refractivity contribution in [2.75, 3.05) is 13.7 Å². The Morgan fingerprint density at radius 1 is 0.892 bits per heavy atom. The van der Waals surface area contributed by atoms with Crippen LogP contribution >= 0.6 is 0 Å². The molecule has 0 spiro atoms. The van der Waals surface area contributed by atoms with Gasteiger partial charge in [-0.15, -0.1) is 0 Å². The summed E-state index contributed by atoms with van der Waals surface area (Å²) in [6, 6.07) is -3.41. The summed E-state index contributed by atoms with van der Waals surface area (Å²) in [6.07, 6.45) is 0.320. The summed E-state index contributed by atoms with van der Waals surface area (Å²) in [7, 11) is 1.20. The van der Waals surface area contributed by atoms with Crippen LogP contribution in [0.15, 0.2) is 0 Å². The summed E-state index contributed by atoms with van der Waals surface area (Å²) in [5, 5.41) is 21.4. The Hall–Kier alpha value is -2.73. The third kappa shape index (κ3) is 14.0. The number of amides is 4. The van der Waals surface area contributed by atoms with Crippen LogP contribution in [0.25, 0.3) is 0 Å². The lowest BCUT2D eigenvalue weighted by atomic mass is 9.96. The molecular weight excluding hydrogens is 482 g/mol. The second-order valence-corrected chi connectivity index (χ2v) is 10.1. The van der Waals surface area contributed by atoms with Gasteiger partial charge in [-0.3, -0.25) is 19.2 Å². The number of carbonyl (C=O) groups excluding carboxylic acids is 5. The van der Waals surface area contributed by atoms with E-state index in [-0.39, 0.29) is 24.2 Å². The Balaban J connectivity index is 5.56. The second kappa shape index (κ2) is 17.7. The molecule has 0 aliphatic heterocycles. The Morgan fingerprint density at radius 2 is 1.51 bits per heavy atom. The maximum atomic E-state index is 13.3. The molecule has 0 aliphatic rings. The summed E-state index contributed by atoms with van der Waals surface area (Å²) < 4.78 is 4.58. The number of carbonyl (C=O) groups is 5. The first-order valence-electron chi connectivity index (χ1n) is 12.9. The van der Waals surface area contributed by atoms with Gasteiger partial charge in [0.05, 0.1) is 25.7 Å². The predicted molar refractivity (Wildman–Crippen MR) is 139 cm³/mol. The molecule has 5 atom stereocenters. The number of hydrogen-bond donors (Lipinski definition) is 6. The van der Waals surface area contributed by atoms with Crippen LogP contribution in [0.5, 0.6) is 0 Å². The molecule has 12 nitrogen and oxygen atoms in total. The molecule has 0 rings (SSSR count). The van der Waals surface area contributed by atoms with Gasteiger partial charge in [-0.1, -0.05) is 27.7 Å². The number of esters is 1. The van der Waals surface area contributed by atoms with Gasteiger partial charge in [0.1, 0.15) is 18.1 Å². The highest BCUT2D eigenvalue weighted by molar-refractivity contribution is 5.92. The van der Waals surface area contributed by atoms with E-state index in [0.717, 1.165) is 0 Å². The molecule has 0 bridgehead atoms. The minimum absolute atomic E-state index is 0.0763. The molecule has 0 fully saturated rings. The topological polar surface area (TPSA) is 189 Å². The van der Waals surface area contributed by atoms with Gasteiger partial charge in [-0.25, -0.2) is 4.79 Å². The van der Waals surface area contributed by atoms with E-state index in [2.05, 4.69) is 26.0 Å². The van der Waals surface area contributed by atoms with Crippen LogP contribution in [0.2, 0.25) is 0 Å². The summed E-state index contributed by atoms with van der Waals surface area (Å²) in [6.45, 7) is 10.6. The van der Waals surface area contributed by atoms with Crippen molar-refractivity contribution in [1.29, 1.82) is 0 Å². The van der Waals surface area contributed by atoms with Crippen LogP contribution in [0.3, 0.4) is 0 Å². The third-order valence-electron chi connectivity index (χ3n) is 5.73. The van der Waals surface area contributed by atoms with Crippen molar-refractivity contribution in [3.8, 4) is 0 Å². The van der Waals surface area contributed by atoms with E-state index >= 15 is 0 Å². The number of ether oxygens (including phenoxy) is 1. The number of aliphatic hydroxyl groups is 1. The fraction of sp³-hybridized carbons (Fsp3) is 0.800. The Labute approximate surface area is 220 Å². The fourth-order valence-electron chi connectivity index (χ4n) is 3.75. The van der Waals surface area contributed by atoms with Crippen LogP contribution in [0.1, 0.15) is 73.6 Å². The quantitative estimate of drug-likeness (QED) is 0.110. The molecular formula is C25H47N5O7. The molecule has 0 heterocycles. The van der Waals surface area contributed by atoms with Crippen molar-refractivity contribution in [1.82, 2.24) is 21.3 Å². The molecule has 0 aromatic carbocycles. The zero-order chi connectivity index (χ0) is 28.7.